The number of rotatable bonds is 2. The molecule has 6 heteroatoms. The number of hydrogen-bond acceptors (Lipinski definition) is 4. The van der Waals surface area contributed by atoms with Crippen LogP contribution >= 0.6 is 11.6 Å². The lowest BCUT2D eigenvalue weighted by molar-refractivity contribution is -0.117. The first-order valence-electron chi connectivity index (χ1n) is 5.46. The van der Waals surface area contributed by atoms with Gasteiger partial charge in [0.1, 0.15) is 5.71 Å². The second-order valence-corrected chi connectivity index (χ2v) is 4.29. The number of alkyl halides is 1. The molecule has 1 aliphatic heterocycles. The van der Waals surface area contributed by atoms with Crippen molar-refractivity contribution in [3.63, 3.8) is 0 Å². The summed E-state index contributed by atoms with van der Waals surface area (Å²) in [5.74, 6) is -0.308. The van der Waals surface area contributed by atoms with Crippen LogP contribution in [0.3, 0.4) is 0 Å². The first-order valence-corrected chi connectivity index (χ1v) is 5.90. The molecule has 0 spiro atoms. The molecule has 1 atom stereocenters. The minimum absolute atomic E-state index is 0.308. The van der Waals surface area contributed by atoms with Crippen LogP contribution in [0, 0.1) is 6.92 Å². The molecule has 1 heterocycles. The van der Waals surface area contributed by atoms with E-state index in [1.807, 2.05) is 31.2 Å². The lowest BCUT2D eigenvalue weighted by atomic mass is 10.2. The Kier molecular flexibility index (Phi) is 3.62. The SMILES string of the molecule is CN/N=C1/C=NN(c2ccc(C)cc2)C(=O)C1Cl. The van der Waals surface area contributed by atoms with Crippen LogP contribution in [0.25, 0.3) is 0 Å². The molecule has 0 aliphatic carbocycles. The zero-order valence-electron chi connectivity index (χ0n) is 10.1. The van der Waals surface area contributed by atoms with Crippen molar-refractivity contribution in [3.05, 3.63) is 29.8 Å². The first-order chi connectivity index (χ1) is 8.63. The summed E-state index contributed by atoms with van der Waals surface area (Å²) in [6.07, 6.45) is 1.48. The quantitative estimate of drug-likeness (QED) is 0.650. The molecule has 0 radical (unpaired) electrons. The number of nitrogens with zero attached hydrogens (tertiary/aromatic N) is 3. The molecule has 18 heavy (non-hydrogen) atoms. The summed E-state index contributed by atoms with van der Waals surface area (Å²) in [4.78, 5) is 12.1. The molecule has 1 unspecified atom stereocenters. The highest BCUT2D eigenvalue weighted by molar-refractivity contribution is 6.56. The maximum atomic E-state index is 12.1. The smallest absolute Gasteiger partial charge is 0.271 e. The molecule has 94 valence electrons. The summed E-state index contributed by atoms with van der Waals surface area (Å²) in [6.45, 7) is 1.98. The Morgan fingerprint density at radius 3 is 2.67 bits per heavy atom. The molecule has 1 aromatic carbocycles. The van der Waals surface area contributed by atoms with Crippen molar-refractivity contribution in [1.29, 1.82) is 0 Å². The zero-order chi connectivity index (χ0) is 13.1. The Balaban J connectivity index is 2.31. The van der Waals surface area contributed by atoms with Gasteiger partial charge in [-0.2, -0.15) is 15.2 Å². The summed E-state index contributed by atoms with van der Waals surface area (Å²) in [7, 11) is 1.64. The van der Waals surface area contributed by atoms with Crippen LogP contribution in [0.2, 0.25) is 0 Å². The van der Waals surface area contributed by atoms with Gasteiger partial charge >= 0.3 is 0 Å². The van der Waals surface area contributed by atoms with Gasteiger partial charge in [-0.05, 0) is 19.1 Å². The fourth-order valence-corrected chi connectivity index (χ4v) is 1.77. The van der Waals surface area contributed by atoms with Gasteiger partial charge in [0.2, 0.25) is 0 Å². The van der Waals surface area contributed by atoms with E-state index in [4.69, 9.17) is 11.6 Å². The minimum atomic E-state index is -0.823. The third-order valence-corrected chi connectivity index (χ3v) is 2.92. The molecule has 5 nitrogen and oxygen atoms in total. The van der Waals surface area contributed by atoms with Crippen molar-refractivity contribution in [2.75, 3.05) is 12.1 Å². The van der Waals surface area contributed by atoms with E-state index in [2.05, 4.69) is 15.6 Å². The number of anilines is 1. The molecule has 0 bridgehead atoms. The van der Waals surface area contributed by atoms with Crippen LogP contribution in [-0.2, 0) is 4.79 Å². The van der Waals surface area contributed by atoms with Crippen LogP contribution in [0.5, 0.6) is 0 Å². The van der Waals surface area contributed by atoms with Gasteiger partial charge in [0.25, 0.3) is 5.91 Å². The Morgan fingerprint density at radius 1 is 1.39 bits per heavy atom. The predicted octanol–water partition coefficient (Wildman–Crippen LogP) is 1.51. The number of halogens is 1. The van der Waals surface area contributed by atoms with E-state index >= 15 is 0 Å². The van der Waals surface area contributed by atoms with Crippen LogP contribution < -0.4 is 10.4 Å². The maximum Gasteiger partial charge on any atom is 0.271 e. The molecule has 1 aliphatic rings. The minimum Gasteiger partial charge on any atom is -0.313 e. The zero-order valence-corrected chi connectivity index (χ0v) is 10.8. The van der Waals surface area contributed by atoms with E-state index in [1.54, 1.807) is 7.05 Å². The third kappa shape index (κ3) is 2.36. The Bertz CT molecular complexity index is 509. The van der Waals surface area contributed by atoms with E-state index in [0.717, 1.165) is 5.56 Å². The third-order valence-electron chi connectivity index (χ3n) is 2.51. The monoisotopic (exact) mass is 264 g/mol. The van der Waals surface area contributed by atoms with Crippen molar-refractivity contribution in [3.8, 4) is 0 Å². The van der Waals surface area contributed by atoms with E-state index < -0.39 is 5.38 Å². The summed E-state index contributed by atoms with van der Waals surface area (Å²) in [6, 6.07) is 7.49. The van der Waals surface area contributed by atoms with Gasteiger partial charge < -0.3 is 5.43 Å². The van der Waals surface area contributed by atoms with Crippen molar-refractivity contribution in [2.24, 2.45) is 10.2 Å². The second-order valence-electron chi connectivity index (χ2n) is 3.85. The highest BCUT2D eigenvalue weighted by Gasteiger charge is 2.31. The lowest BCUT2D eigenvalue weighted by Gasteiger charge is -2.23. The molecule has 0 fully saturated rings. The van der Waals surface area contributed by atoms with Crippen molar-refractivity contribution < 1.29 is 4.79 Å². The molecule has 0 saturated heterocycles. The summed E-state index contributed by atoms with van der Waals surface area (Å²) in [5.41, 5.74) is 4.81. The number of carbonyl (C=O) groups excluding carboxylic acids is 1. The summed E-state index contributed by atoms with van der Waals surface area (Å²) in [5, 5.41) is 8.42. The number of carbonyl (C=O) groups is 1. The van der Waals surface area contributed by atoms with E-state index in [0.29, 0.717) is 11.4 Å². The largest absolute Gasteiger partial charge is 0.313 e. The molecule has 1 aromatic rings. The average Bonchev–Trinajstić information content (AvgIpc) is 2.37. The molecule has 2 rings (SSSR count). The topological polar surface area (TPSA) is 57.1 Å². The van der Waals surface area contributed by atoms with Crippen LogP contribution in [0.1, 0.15) is 5.56 Å². The fourth-order valence-electron chi connectivity index (χ4n) is 1.57. The molecular weight excluding hydrogens is 252 g/mol. The molecule has 0 aromatic heterocycles. The van der Waals surface area contributed by atoms with Crippen molar-refractivity contribution in [1.82, 2.24) is 5.43 Å². The number of benzene rings is 1. The van der Waals surface area contributed by atoms with Crippen LogP contribution in [0.4, 0.5) is 5.69 Å². The van der Waals surface area contributed by atoms with Crippen molar-refractivity contribution >= 4 is 35.1 Å². The number of nitrogens with one attached hydrogen (secondary N) is 1. The Labute approximate surface area is 110 Å². The first kappa shape index (κ1) is 12.6. The Hall–Kier alpha value is -1.88. The van der Waals surface area contributed by atoms with Gasteiger partial charge in [-0.1, -0.05) is 17.7 Å². The predicted molar refractivity (Wildman–Crippen MR) is 73.3 cm³/mol. The fraction of sp³-hybridized carbons (Fsp3) is 0.250. The number of aryl methyl sites for hydroxylation is 1. The van der Waals surface area contributed by atoms with E-state index in [9.17, 15) is 4.79 Å². The average molecular weight is 265 g/mol. The molecule has 0 saturated carbocycles. The van der Waals surface area contributed by atoms with Gasteiger partial charge in [-0.3, -0.25) is 4.79 Å². The summed E-state index contributed by atoms with van der Waals surface area (Å²) < 4.78 is 0. The molecule has 1 amide bonds. The molecule has 1 N–H and O–H groups in total. The Morgan fingerprint density at radius 2 is 2.06 bits per heavy atom. The number of hydrazone groups is 2. The normalized spacial score (nSPS) is 21.5. The summed E-state index contributed by atoms with van der Waals surface area (Å²) >= 11 is 6.03. The number of hydrogen-bond donors (Lipinski definition) is 1. The highest BCUT2D eigenvalue weighted by Crippen LogP contribution is 2.20. The maximum absolute atomic E-state index is 12.1. The van der Waals surface area contributed by atoms with Gasteiger partial charge in [-0.25, -0.2) is 0 Å². The van der Waals surface area contributed by atoms with E-state index in [1.165, 1.54) is 11.2 Å². The molecular formula is C12H13ClN4O. The second kappa shape index (κ2) is 5.18. The van der Waals surface area contributed by atoms with Crippen LogP contribution in [-0.4, -0.2) is 30.3 Å². The van der Waals surface area contributed by atoms with Gasteiger partial charge in [0.15, 0.2) is 5.38 Å². The van der Waals surface area contributed by atoms with Gasteiger partial charge in [-0.15, -0.1) is 11.6 Å². The van der Waals surface area contributed by atoms with Crippen molar-refractivity contribution in [2.45, 2.75) is 12.3 Å². The number of amides is 1. The van der Waals surface area contributed by atoms with Crippen LogP contribution in [0.15, 0.2) is 34.5 Å². The van der Waals surface area contributed by atoms with E-state index in [-0.39, 0.29) is 5.91 Å². The van der Waals surface area contributed by atoms with Gasteiger partial charge in [0.05, 0.1) is 11.9 Å². The lowest BCUT2D eigenvalue weighted by Crippen LogP contribution is -2.43. The van der Waals surface area contributed by atoms with Gasteiger partial charge in [0, 0.05) is 7.05 Å². The highest BCUT2D eigenvalue weighted by atomic mass is 35.5. The standard InChI is InChI=1S/C12H13ClN4O/c1-8-3-5-9(6-4-8)17-12(18)11(13)10(7-15-17)16-14-2/h3-7,11,14H,1-2H3/b16-10-.